The minimum atomic E-state index is -0.448. The van der Waals surface area contributed by atoms with Gasteiger partial charge >= 0.3 is 0 Å². The summed E-state index contributed by atoms with van der Waals surface area (Å²) >= 11 is 1.72. The van der Waals surface area contributed by atoms with Gasteiger partial charge < -0.3 is 10.2 Å². The summed E-state index contributed by atoms with van der Waals surface area (Å²) in [6.45, 7) is 5.15. The minimum Gasteiger partial charge on any atom is -0.359 e. The molecule has 144 valence electrons. The molecular weight excluding hydrogens is 356 g/mol. The summed E-state index contributed by atoms with van der Waals surface area (Å²) in [5.41, 5.74) is 1.92. The van der Waals surface area contributed by atoms with Crippen molar-refractivity contribution < 1.29 is 9.59 Å². The van der Waals surface area contributed by atoms with E-state index in [0.29, 0.717) is 32.4 Å². The van der Waals surface area contributed by atoms with Crippen LogP contribution >= 0.6 is 11.3 Å². The van der Waals surface area contributed by atoms with Gasteiger partial charge in [-0.2, -0.15) is 0 Å². The highest BCUT2D eigenvalue weighted by atomic mass is 32.1. The predicted octanol–water partition coefficient (Wildman–Crippen LogP) is 3.97. The van der Waals surface area contributed by atoms with E-state index < -0.39 is 5.41 Å². The number of likely N-dealkylation sites (tertiary alicyclic amines) is 1. The van der Waals surface area contributed by atoms with Crippen molar-refractivity contribution in [2.24, 2.45) is 11.3 Å². The van der Waals surface area contributed by atoms with Gasteiger partial charge in [-0.25, -0.2) is 0 Å². The molecule has 1 saturated heterocycles. The maximum Gasteiger partial charge on any atom is 0.226 e. The third-order valence-corrected chi connectivity index (χ3v) is 6.43. The molecule has 0 aliphatic carbocycles. The van der Waals surface area contributed by atoms with Crippen LogP contribution in [0.25, 0.3) is 10.4 Å². The quantitative estimate of drug-likeness (QED) is 0.848. The van der Waals surface area contributed by atoms with Crippen molar-refractivity contribution in [3.05, 3.63) is 47.3 Å². The highest BCUT2D eigenvalue weighted by molar-refractivity contribution is 7.13. The highest BCUT2D eigenvalue weighted by Crippen LogP contribution is 2.37. The van der Waals surface area contributed by atoms with Crippen molar-refractivity contribution in [1.29, 1.82) is 0 Å². The molecule has 0 radical (unpaired) electrons. The third kappa shape index (κ3) is 4.24. The molecule has 1 N–H and O–H groups in total. The van der Waals surface area contributed by atoms with E-state index in [1.54, 1.807) is 18.4 Å². The zero-order valence-electron chi connectivity index (χ0n) is 16.3. The van der Waals surface area contributed by atoms with Crippen LogP contribution in [0.1, 0.15) is 32.3 Å². The zero-order valence-corrected chi connectivity index (χ0v) is 17.1. The second-order valence-corrected chi connectivity index (χ2v) is 8.64. The molecule has 2 heterocycles. The average Bonchev–Trinajstić information content (AvgIpc) is 3.22. The monoisotopic (exact) mass is 384 g/mol. The number of amides is 2. The van der Waals surface area contributed by atoms with E-state index in [9.17, 15) is 9.59 Å². The van der Waals surface area contributed by atoms with Crippen molar-refractivity contribution in [2.45, 2.75) is 33.1 Å². The predicted molar refractivity (Wildman–Crippen MR) is 111 cm³/mol. The maximum atomic E-state index is 12.8. The van der Waals surface area contributed by atoms with Gasteiger partial charge in [0.2, 0.25) is 11.8 Å². The molecule has 1 aromatic carbocycles. The number of carbonyl (C=O) groups is 2. The first-order chi connectivity index (χ1) is 12.9. The number of hydrogen-bond acceptors (Lipinski definition) is 3. The van der Waals surface area contributed by atoms with Gasteiger partial charge in [0.05, 0.1) is 5.41 Å². The molecular formula is C22H28N2O2S. The molecule has 0 unspecified atom stereocenters. The van der Waals surface area contributed by atoms with Crippen LogP contribution in [0.2, 0.25) is 0 Å². The van der Waals surface area contributed by atoms with E-state index in [1.807, 2.05) is 18.7 Å². The Hall–Kier alpha value is -2.14. The second-order valence-electron chi connectivity index (χ2n) is 7.69. The number of thiophene rings is 1. The molecule has 1 fully saturated rings. The van der Waals surface area contributed by atoms with Crippen molar-refractivity contribution in [3.8, 4) is 10.4 Å². The third-order valence-electron chi connectivity index (χ3n) is 5.51. The zero-order chi connectivity index (χ0) is 19.4. The van der Waals surface area contributed by atoms with Crippen LogP contribution in [-0.4, -0.2) is 36.9 Å². The minimum absolute atomic E-state index is 0.0000194. The second kappa shape index (κ2) is 8.26. The lowest BCUT2D eigenvalue weighted by Crippen LogP contribution is -2.51. The first-order valence-corrected chi connectivity index (χ1v) is 10.5. The first-order valence-electron chi connectivity index (χ1n) is 9.59. The number of benzene rings is 1. The first kappa shape index (κ1) is 19.6. The van der Waals surface area contributed by atoms with Crippen LogP contribution in [0.3, 0.4) is 0 Å². The van der Waals surface area contributed by atoms with E-state index in [2.05, 4.69) is 47.1 Å². The van der Waals surface area contributed by atoms with Crippen LogP contribution in [0, 0.1) is 11.3 Å². The van der Waals surface area contributed by atoms with Gasteiger partial charge in [-0.15, -0.1) is 11.3 Å². The molecule has 2 amide bonds. The number of rotatable bonds is 5. The Labute approximate surface area is 165 Å². The molecule has 1 aliphatic heterocycles. The Morgan fingerprint density at radius 1 is 1.19 bits per heavy atom. The van der Waals surface area contributed by atoms with Crippen LogP contribution in [0.15, 0.2) is 41.8 Å². The SMILES string of the molecule is CNC(=O)C1(Cc2cccc(-c3cccs3)c2)CCN(C(=O)C(C)C)CC1. The fraction of sp³-hybridized carbons (Fsp3) is 0.455. The van der Waals surface area contributed by atoms with E-state index >= 15 is 0 Å². The van der Waals surface area contributed by atoms with Crippen molar-refractivity contribution >= 4 is 23.2 Å². The Morgan fingerprint density at radius 3 is 2.52 bits per heavy atom. The van der Waals surface area contributed by atoms with Gasteiger partial charge in [-0.1, -0.05) is 44.2 Å². The lowest BCUT2D eigenvalue weighted by molar-refractivity contribution is -0.142. The molecule has 0 saturated carbocycles. The van der Waals surface area contributed by atoms with E-state index in [-0.39, 0.29) is 17.7 Å². The Balaban J connectivity index is 1.80. The Morgan fingerprint density at radius 2 is 1.93 bits per heavy atom. The van der Waals surface area contributed by atoms with E-state index in [4.69, 9.17) is 0 Å². The fourth-order valence-electron chi connectivity index (χ4n) is 3.94. The normalized spacial score (nSPS) is 16.4. The summed E-state index contributed by atoms with van der Waals surface area (Å²) in [7, 11) is 1.71. The van der Waals surface area contributed by atoms with Gasteiger partial charge in [-0.05, 0) is 41.8 Å². The van der Waals surface area contributed by atoms with E-state index in [0.717, 1.165) is 0 Å². The fourth-order valence-corrected chi connectivity index (χ4v) is 4.66. The lowest BCUT2D eigenvalue weighted by Gasteiger charge is -2.41. The topological polar surface area (TPSA) is 49.4 Å². The molecule has 5 heteroatoms. The van der Waals surface area contributed by atoms with Crippen molar-refractivity contribution in [3.63, 3.8) is 0 Å². The average molecular weight is 385 g/mol. The maximum absolute atomic E-state index is 12.8. The molecule has 0 bridgehead atoms. The molecule has 0 spiro atoms. The van der Waals surface area contributed by atoms with Crippen molar-refractivity contribution in [2.75, 3.05) is 20.1 Å². The summed E-state index contributed by atoms with van der Waals surface area (Å²) in [4.78, 5) is 28.3. The standard InChI is InChI=1S/C22H28N2O2S/c1-16(2)20(25)24-11-9-22(10-12-24,21(26)23-3)15-17-6-4-7-18(14-17)19-8-5-13-27-19/h4-8,13-14,16H,9-12,15H2,1-3H3,(H,23,26). The molecule has 3 rings (SSSR count). The number of hydrogen-bond donors (Lipinski definition) is 1. The lowest BCUT2D eigenvalue weighted by atomic mass is 9.72. The number of piperidine rings is 1. The molecule has 27 heavy (non-hydrogen) atoms. The van der Waals surface area contributed by atoms with Crippen LogP contribution in [0.4, 0.5) is 0 Å². The van der Waals surface area contributed by atoms with Gasteiger partial charge in [-0.3, -0.25) is 9.59 Å². The number of nitrogens with one attached hydrogen (secondary N) is 1. The molecule has 1 aliphatic rings. The molecule has 1 aromatic heterocycles. The van der Waals surface area contributed by atoms with Gasteiger partial charge in [0.25, 0.3) is 0 Å². The van der Waals surface area contributed by atoms with Gasteiger partial charge in [0.1, 0.15) is 0 Å². The highest BCUT2D eigenvalue weighted by Gasteiger charge is 2.42. The summed E-state index contributed by atoms with van der Waals surface area (Å²) in [6, 6.07) is 12.7. The molecule has 2 aromatic rings. The summed E-state index contributed by atoms with van der Waals surface area (Å²) in [5, 5.41) is 4.94. The number of carbonyl (C=O) groups excluding carboxylic acids is 2. The summed E-state index contributed by atoms with van der Waals surface area (Å²) in [5.74, 6) is 0.265. The van der Waals surface area contributed by atoms with E-state index in [1.165, 1.54) is 16.0 Å². The summed E-state index contributed by atoms with van der Waals surface area (Å²) < 4.78 is 0. The largest absolute Gasteiger partial charge is 0.359 e. The Kier molecular flexibility index (Phi) is 6.00. The number of nitrogens with zero attached hydrogens (tertiary/aromatic N) is 1. The Bertz CT molecular complexity index is 790. The summed E-state index contributed by atoms with van der Waals surface area (Å²) in [6.07, 6.45) is 2.11. The van der Waals surface area contributed by atoms with Crippen LogP contribution in [-0.2, 0) is 16.0 Å². The van der Waals surface area contributed by atoms with Crippen LogP contribution in [0.5, 0.6) is 0 Å². The molecule has 4 nitrogen and oxygen atoms in total. The smallest absolute Gasteiger partial charge is 0.226 e. The van der Waals surface area contributed by atoms with Crippen molar-refractivity contribution in [1.82, 2.24) is 10.2 Å². The molecule has 0 atom stereocenters. The van der Waals surface area contributed by atoms with Gasteiger partial charge in [0, 0.05) is 30.9 Å². The van der Waals surface area contributed by atoms with Crippen LogP contribution < -0.4 is 5.32 Å². The van der Waals surface area contributed by atoms with Gasteiger partial charge in [0.15, 0.2) is 0 Å².